The first-order valence-electron chi connectivity index (χ1n) is 5.65. The summed E-state index contributed by atoms with van der Waals surface area (Å²) in [7, 11) is 0. The van der Waals surface area contributed by atoms with Crippen molar-refractivity contribution in [2.45, 2.75) is 13.3 Å². The summed E-state index contributed by atoms with van der Waals surface area (Å²) in [4.78, 5) is 22.6. The zero-order valence-corrected chi connectivity index (χ0v) is 11.7. The summed E-state index contributed by atoms with van der Waals surface area (Å²) in [5.74, 6) is -0.557. The van der Waals surface area contributed by atoms with Crippen LogP contribution >= 0.6 is 23.2 Å². The van der Waals surface area contributed by atoms with E-state index in [0.29, 0.717) is 21.1 Å². The fourth-order valence-electron chi connectivity index (χ4n) is 1.85. The van der Waals surface area contributed by atoms with Crippen LogP contribution in [0.3, 0.4) is 0 Å². The standard InChI is InChI=1S/C14H11Cl2NO2/c1-8(18)7-13(19)17-12-4-2-3-9-10(15)5-6-11(16)14(9)12/h2-6H,7H2,1H3,(H,17,19). The van der Waals surface area contributed by atoms with Crippen LogP contribution in [-0.2, 0) is 9.59 Å². The molecule has 98 valence electrons. The van der Waals surface area contributed by atoms with Crippen LogP contribution in [0.25, 0.3) is 10.8 Å². The van der Waals surface area contributed by atoms with Gasteiger partial charge in [0.05, 0.1) is 17.1 Å². The second kappa shape index (κ2) is 5.59. The van der Waals surface area contributed by atoms with Crippen LogP contribution < -0.4 is 5.32 Å². The Kier molecular flexibility index (Phi) is 4.08. The van der Waals surface area contributed by atoms with Crippen molar-refractivity contribution in [2.24, 2.45) is 0 Å². The molecule has 0 aliphatic rings. The predicted molar refractivity (Wildman–Crippen MR) is 77.9 cm³/mol. The van der Waals surface area contributed by atoms with Gasteiger partial charge < -0.3 is 5.32 Å². The van der Waals surface area contributed by atoms with Gasteiger partial charge in [-0.15, -0.1) is 0 Å². The number of ketones is 1. The van der Waals surface area contributed by atoms with Crippen molar-refractivity contribution in [1.29, 1.82) is 0 Å². The van der Waals surface area contributed by atoms with Crippen LogP contribution in [0.1, 0.15) is 13.3 Å². The monoisotopic (exact) mass is 295 g/mol. The molecule has 0 fully saturated rings. The first-order chi connectivity index (χ1) is 8.99. The van der Waals surface area contributed by atoms with Crippen molar-refractivity contribution in [3.63, 3.8) is 0 Å². The van der Waals surface area contributed by atoms with E-state index in [-0.39, 0.29) is 18.1 Å². The lowest BCUT2D eigenvalue weighted by Gasteiger charge is -2.10. The molecule has 0 spiro atoms. The summed E-state index contributed by atoms with van der Waals surface area (Å²) in [5.41, 5.74) is 0.552. The molecule has 0 heterocycles. The largest absolute Gasteiger partial charge is 0.325 e. The molecule has 0 atom stereocenters. The van der Waals surface area contributed by atoms with Crippen LogP contribution in [-0.4, -0.2) is 11.7 Å². The molecule has 2 aromatic rings. The Morgan fingerprint density at radius 2 is 1.79 bits per heavy atom. The number of carbonyl (C=O) groups is 2. The van der Waals surface area contributed by atoms with Crippen LogP contribution in [0.4, 0.5) is 5.69 Å². The summed E-state index contributed by atoms with van der Waals surface area (Å²) in [6.45, 7) is 1.37. The average molecular weight is 296 g/mol. The fraction of sp³-hybridized carbons (Fsp3) is 0.143. The minimum absolute atomic E-state index is 0.158. The number of carbonyl (C=O) groups excluding carboxylic acids is 2. The van der Waals surface area contributed by atoms with Crippen LogP contribution in [0.5, 0.6) is 0 Å². The average Bonchev–Trinajstić information content (AvgIpc) is 2.33. The minimum atomic E-state index is -0.365. The molecule has 0 unspecified atom stereocenters. The van der Waals surface area contributed by atoms with Gasteiger partial charge in [0, 0.05) is 15.8 Å². The molecular formula is C14H11Cl2NO2. The van der Waals surface area contributed by atoms with Gasteiger partial charge in [0.1, 0.15) is 5.78 Å². The summed E-state index contributed by atoms with van der Waals surface area (Å²) < 4.78 is 0. The van der Waals surface area contributed by atoms with Gasteiger partial charge in [-0.25, -0.2) is 0 Å². The third-order valence-corrected chi connectivity index (χ3v) is 3.26. The van der Waals surface area contributed by atoms with Crippen LogP contribution in [0.15, 0.2) is 30.3 Å². The molecule has 0 bridgehead atoms. The number of hydrogen-bond acceptors (Lipinski definition) is 2. The van der Waals surface area contributed by atoms with Crippen molar-refractivity contribution >= 4 is 51.4 Å². The second-order valence-corrected chi connectivity index (χ2v) is 5.00. The molecule has 0 radical (unpaired) electrons. The Hall–Kier alpha value is -1.58. The highest BCUT2D eigenvalue weighted by molar-refractivity contribution is 6.41. The first kappa shape index (κ1) is 13.8. The molecule has 0 saturated carbocycles. The Morgan fingerprint density at radius 1 is 1.11 bits per heavy atom. The summed E-state index contributed by atoms with van der Waals surface area (Å²) in [5, 5.41) is 5.17. The van der Waals surface area contributed by atoms with E-state index in [1.165, 1.54) is 6.92 Å². The molecule has 3 nitrogen and oxygen atoms in total. The fourth-order valence-corrected chi connectivity index (χ4v) is 2.34. The molecule has 0 aromatic heterocycles. The summed E-state index contributed by atoms with van der Waals surface area (Å²) in [6.07, 6.45) is -0.158. The Morgan fingerprint density at radius 3 is 2.47 bits per heavy atom. The van der Waals surface area contributed by atoms with E-state index in [0.717, 1.165) is 5.39 Å². The Labute approximate surface area is 120 Å². The van der Waals surface area contributed by atoms with E-state index in [1.807, 2.05) is 6.07 Å². The van der Waals surface area contributed by atoms with Crippen molar-refractivity contribution in [2.75, 3.05) is 5.32 Å². The number of anilines is 1. The number of Topliss-reactive ketones (excluding diaryl/α,β-unsaturated/α-hetero) is 1. The number of halogens is 2. The van der Waals surface area contributed by atoms with E-state index in [1.54, 1.807) is 24.3 Å². The topological polar surface area (TPSA) is 46.2 Å². The van der Waals surface area contributed by atoms with Gasteiger partial charge in [-0.3, -0.25) is 9.59 Å². The molecule has 2 rings (SSSR count). The van der Waals surface area contributed by atoms with E-state index in [9.17, 15) is 9.59 Å². The third-order valence-electron chi connectivity index (χ3n) is 2.62. The maximum absolute atomic E-state index is 11.7. The molecule has 0 aliphatic carbocycles. The van der Waals surface area contributed by atoms with Gasteiger partial charge in [-0.05, 0) is 25.1 Å². The van der Waals surface area contributed by atoms with Gasteiger partial charge >= 0.3 is 0 Å². The SMILES string of the molecule is CC(=O)CC(=O)Nc1cccc2c(Cl)ccc(Cl)c12. The quantitative estimate of drug-likeness (QED) is 0.868. The highest BCUT2D eigenvalue weighted by Gasteiger charge is 2.11. The third kappa shape index (κ3) is 3.06. The van der Waals surface area contributed by atoms with Gasteiger partial charge in [0.2, 0.25) is 5.91 Å². The lowest BCUT2D eigenvalue weighted by Crippen LogP contribution is -2.14. The lowest BCUT2D eigenvalue weighted by atomic mass is 10.1. The highest BCUT2D eigenvalue weighted by Crippen LogP contribution is 2.34. The minimum Gasteiger partial charge on any atom is -0.325 e. The summed E-state index contributed by atoms with van der Waals surface area (Å²) >= 11 is 12.2. The van der Waals surface area contributed by atoms with Crippen molar-refractivity contribution < 1.29 is 9.59 Å². The molecule has 0 saturated heterocycles. The smallest absolute Gasteiger partial charge is 0.231 e. The normalized spacial score (nSPS) is 10.5. The maximum atomic E-state index is 11.7. The molecule has 2 aromatic carbocycles. The zero-order valence-electron chi connectivity index (χ0n) is 10.2. The molecule has 19 heavy (non-hydrogen) atoms. The van der Waals surface area contributed by atoms with Crippen LogP contribution in [0, 0.1) is 0 Å². The Balaban J connectivity index is 2.47. The van der Waals surface area contributed by atoms with Crippen molar-refractivity contribution in [1.82, 2.24) is 0 Å². The van der Waals surface area contributed by atoms with Gasteiger partial charge in [0.15, 0.2) is 0 Å². The number of benzene rings is 2. The summed E-state index contributed by atoms with van der Waals surface area (Å²) in [6, 6.07) is 8.70. The van der Waals surface area contributed by atoms with Gasteiger partial charge in [-0.2, -0.15) is 0 Å². The molecule has 0 aliphatic heterocycles. The first-order valence-corrected chi connectivity index (χ1v) is 6.40. The number of nitrogens with one attached hydrogen (secondary N) is 1. The Bertz CT molecular complexity index is 668. The maximum Gasteiger partial charge on any atom is 0.231 e. The van der Waals surface area contributed by atoms with Gasteiger partial charge in [0.25, 0.3) is 0 Å². The predicted octanol–water partition coefficient (Wildman–Crippen LogP) is 4.06. The lowest BCUT2D eigenvalue weighted by molar-refractivity contribution is -0.124. The van der Waals surface area contributed by atoms with E-state index in [4.69, 9.17) is 23.2 Å². The molecule has 5 heteroatoms. The van der Waals surface area contributed by atoms with E-state index < -0.39 is 0 Å². The molecule has 1 amide bonds. The van der Waals surface area contributed by atoms with Crippen molar-refractivity contribution in [3.8, 4) is 0 Å². The molecule has 1 N–H and O–H groups in total. The number of hydrogen-bond donors (Lipinski definition) is 1. The second-order valence-electron chi connectivity index (χ2n) is 4.18. The van der Waals surface area contributed by atoms with Crippen LogP contribution in [0.2, 0.25) is 10.0 Å². The molecular weight excluding hydrogens is 285 g/mol. The zero-order chi connectivity index (χ0) is 14.0. The van der Waals surface area contributed by atoms with Crippen molar-refractivity contribution in [3.05, 3.63) is 40.4 Å². The highest BCUT2D eigenvalue weighted by atomic mass is 35.5. The van der Waals surface area contributed by atoms with E-state index in [2.05, 4.69) is 5.32 Å². The van der Waals surface area contributed by atoms with Gasteiger partial charge in [-0.1, -0.05) is 35.3 Å². The van der Waals surface area contributed by atoms with E-state index >= 15 is 0 Å². The number of fused-ring (bicyclic) bond motifs is 1. The number of amides is 1. The number of rotatable bonds is 3.